The Labute approximate surface area is 156 Å². The lowest BCUT2D eigenvalue weighted by Gasteiger charge is -2.13. The zero-order valence-electron chi connectivity index (χ0n) is 13.7. The molecule has 3 rings (SSSR count). The number of aromatic nitrogens is 2. The van der Waals surface area contributed by atoms with Gasteiger partial charge in [-0.2, -0.15) is 5.10 Å². The number of carbonyl (C=O) groups is 1. The fourth-order valence-electron chi connectivity index (χ4n) is 2.36. The molecule has 1 atom stereocenters. The van der Waals surface area contributed by atoms with Crippen molar-refractivity contribution in [3.05, 3.63) is 77.4 Å². The number of nitrogens with one attached hydrogen (secondary N) is 1. The normalized spacial score (nSPS) is 11.9. The first-order chi connectivity index (χ1) is 12.1. The van der Waals surface area contributed by atoms with E-state index in [1.807, 2.05) is 61.5 Å². The maximum atomic E-state index is 12.5. The monoisotopic (exact) mass is 371 g/mol. The number of benzene rings is 2. The molecule has 0 fully saturated rings. The first-order valence-electron chi connectivity index (χ1n) is 7.90. The topological polar surface area (TPSA) is 46.9 Å². The van der Waals surface area contributed by atoms with Gasteiger partial charge in [0.2, 0.25) is 5.91 Å². The van der Waals surface area contributed by atoms with Crippen LogP contribution in [0.25, 0.3) is 0 Å². The van der Waals surface area contributed by atoms with Crippen molar-refractivity contribution in [3.63, 3.8) is 0 Å². The van der Waals surface area contributed by atoms with E-state index in [9.17, 15) is 4.79 Å². The molecule has 25 heavy (non-hydrogen) atoms. The van der Waals surface area contributed by atoms with Crippen LogP contribution in [0.15, 0.2) is 71.8 Å². The predicted octanol–water partition coefficient (Wildman–Crippen LogP) is 4.70. The Kier molecular flexibility index (Phi) is 5.79. The Bertz CT molecular complexity index is 851. The molecule has 0 saturated heterocycles. The maximum absolute atomic E-state index is 12.5. The van der Waals surface area contributed by atoms with Crippen LogP contribution in [0, 0.1) is 0 Å². The zero-order valence-corrected chi connectivity index (χ0v) is 15.3. The van der Waals surface area contributed by atoms with Crippen molar-refractivity contribution in [1.29, 1.82) is 0 Å². The summed E-state index contributed by atoms with van der Waals surface area (Å²) in [6.45, 7) is 2.44. The number of rotatable bonds is 6. The average molecular weight is 372 g/mol. The molecule has 0 saturated carbocycles. The van der Waals surface area contributed by atoms with Crippen LogP contribution in [-0.2, 0) is 11.3 Å². The summed E-state index contributed by atoms with van der Waals surface area (Å²) in [6, 6.07) is 19.3. The summed E-state index contributed by atoms with van der Waals surface area (Å²) in [6.07, 6.45) is 1.68. The molecule has 0 spiro atoms. The standard InChI is InChI=1S/C19H18ClN3OS/c1-14(25-17-8-3-2-4-9-17)19(24)22-18-10-11-21-23(18)13-15-6-5-7-16(20)12-15/h2-12,14H,13H2,1H3,(H,22,24). The lowest BCUT2D eigenvalue weighted by atomic mass is 10.2. The molecule has 0 aliphatic rings. The minimum Gasteiger partial charge on any atom is -0.310 e. The van der Waals surface area contributed by atoms with Crippen LogP contribution in [-0.4, -0.2) is 20.9 Å². The van der Waals surface area contributed by atoms with Crippen molar-refractivity contribution in [2.45, 2.75) is 23.6 Å². The molecule has 1 heterocycles. The summed E-state index contributed by atoms with van der Waals surface area (Å²) in [5, 5.41) is 7.71. The predicted molar refractivity (Wildman–Crippen MR) is 103 cm³/mol. The number of thioether (sulfide) groups is 1. The van der Waals surface area contributed by atoms with Crippen molar-refractivity contribution < 1.29 is 4.79 Å². The number of amides is 1. The number of halogens is 1. The van der Waals surface area contributed by atoms with Crippen molar-refractivity contribution in [2.24, 2.45) is 0 Å². The number of hydrogen-bond donors (Lipinski definition) is 1. The Morgan fingerprint density at radius 1 is 1.20 bits per heavy atom. The van der Waals surface area contributed by atoms with Gasteiger partial charge < -0.3 is 5.32 Å². The van der Waals surface area contributed by atoms with Gasteiger partial charge in [-0.3, -0.25) is 4.79 Å². The van der Waals surface area contributed by atoms with Gasteiger partial charge in [0.25, 0.3) is 0 Å². The fourth-order valence-corrected chi connectivity index (χ4v) is 3.46. The van der Waals surface area contributed by atoms with Crippen LogP contribution in [0.2, 0.25) is 5.02 Å². The number of nitrogens with zero attached hydrogens (tertiary/aromatic N) is 2. The van der Waals surface area contributed by atoms with Gasteiger partial charge in [-0.05, 0) is 36.8 Å². The summed E-state index contributed by atoms with van der Waals surface area (Å²) in [5.41, 5.74) is 1.03. The molecule has 6 heteroatoms. The van der Waals surface area contributed by atoms with Gasteiger partial charge in [0.15, 0.2) is 0 Å². The van der Waals surface area contributed by atoms with Gasteiger partial charge in [-0.1, -0.05) is 41.9 Å². The minimum atomic E-state index is -0.211. The van der Waals surface area contributed by atoms with Crippen LogP contribution < -0.4 is 5.32 Å². The van der Waals surface area contributed by atoms with E-state index in [-0.39, 0.29) is 11.2 Å². The van der Waals surface area contributed by atoms with Crippen LogP contribution in [0.1, 0.15) is 12.5 Å². The molecule has 128 valence electrons. The van der Waals surface area contributed by atoms with Crippen LogP contribution in [0.3, 0.4) is 0 Å². The van der Waals surface area contributed by atoms with Crippen molar-refractivity contribution in [1.82, 2.24) is 9.78 Å². The molecule has 1 N–H and O–H groups in total. The second kappa shape index (κ2) is 8.23. The largest absolute Gasteiger partial charge is 0.310 e. The molecule has 0 aliphatic carbocycles. The third kappa shape index (κ3) is 4.87. The SMILES string of the molecule is CC(Sc1ccccc1)C(=O)Nc1ccnn1Cc1cccc(Cl)c1. The van der Waals surface area contributed by atoms with E-state index in [0.717, 1.165) is 10.5 Å². The molecule has 1 amide bonds. The molecular formula is C19H18ClN3OS. The van der Waals surface area contributed by atoms with Gasteiger partial charge in [-0.15, -0.1) is 11.8 Å². The molecule has 1 aromatic heterocycles. The van der Waals surface area contributed by atoms with Gasteiger partial charge in [0.05, 0.1) is 18.0 Å². The minimum absolute atomic E-state index is 0.0540. The second-order valence-corrected chi connectivity index (χ2v) is 7.42. The summed E-state index contributed by atoms with van der Waals surface area (Å²) >= 11 is 7.55. The summed E-state index contributed by atoms with van der Waals surface area (Å²) in [4.78, 5) is 13.5. The lowest BCUT2D eigenvalue weighted by Crippen LogP contribution is -2.24. The van der Waals surface area contributed by atoms with Crippen molar-refractivity contribution in [3.8, 4) is 0 Å². The van der Waals surface area contributed by atoms with E-state index in [0.29, 0.717) is 17.4 Å². The Hall–Kier alpha value is -2.24. The molecule has 2 aromatic carbocycles. The highest BCUT2D eigenvalue weighted by Crippen LogP contribution is 2.24. The van der Waals surface area contributed by atoms with Crippen LogP contribution in [0.4, 0.5) is 5.82 Å². The lowest BCUT2D eigenvalue weighted by molar-refractivity contribution is -0.115. The molecular weight excluding hydrogens is 354 g/mol. The third-order valence-electron chi connectivity index (χ3n) is 3.61. The molecule has 4 nitrogen and oxygen atoms in total. The Morgan fingerprint density at radius 3 is 2.76 bits per heavy atom. The summed E-state index contributed by atoms with van der Waals surface area (Å²) < 4.78 is 1.75. The second-order valence-electron chi connectivity index (χ2n) is 5.57. The Morgan fingerprint density at radius 2 is 2.00 bits per heavy atom. The van der Waals surface area contributed by atoms with E-state index in [1.165, 1.54) is 11.8 Å². The molecule has 0 bridgehead atoms. The van der Waals surface area contributed by atoms with Gasteiger partial charge >= 0.3 is 0 Å². The number of hydrogen-bond acceptors (Lipinski definition) is 3. The molecule has 3 aromatic rings. The first-order valence-corrected chi connectivity index (χ1v) is 9.16. The molecule has 0 radical (unpaired) electrons. The van der Waals surface area contributed by atoms with E-state index >= 15 is 0 Å². The summed E-state index contributed by atoms with van der Waals surface area (Å²) in [5.74, 6) is 0.618. The van der Waals surface area contributed by atoms with Gasteiger partial charge in [0, 0.05) is 16.0 Å². The fraction of sp³-hybridized carbons (Fsp3) is 0.158. The molecule has 1 unspecified atom stereocenters. The number of carbonyl (C=O) groups excluding carboxylic acids is 1. The highest BCUT2D eigenvalue weighted by Gasteiger charge is 2.16. The highest BCUT2D eigenvalue weighted by atomic mass is 35.5. The van der Waals surface area contributed by atoms with Gasteiger partial charge in [-0.25, -0.2) is 4.68 Å². The van der Waals surface area contributed by atoms with Gasteiger partial charge in [0.1, 0.15) is 5.82 Å². The molecule has 0 aliphatic heterocycles. The smallest absolute Gasteiger partial charge is 0.238 e. The Balaban J connectivity index is 1.65. The average Bonchev–Trinajstić information content (AvgIpc) is 3.02. The van der Waals surface area contributed by atoms with Crippen molar-refractivity contribution in [2.75, 3.05) is 5.32 Å². The quantitative estimate of drug-likeness (QED) is 0.638. The van der Waals surface area contributed by atoms with E-state index in [2.05, 4.69) is 10.4 Å². The van der Waals surface area contributed by atoms with E-state index < -0.39 is 0 Å². The van der Waals surface area contributed by atoms with Crippen molar-refractivity contribution >= 4 is 35.1 Å². The van der Waals surface area contributed by atoms with Crippen LogP contribution in [0.5, 0.6) is 0 Å². The van der Waals surface area contributed by atoms with E-state index in [4.69, 9.17) is 11.6 Å². The van der Waals surface area contributed by atoms with E-state index in [1.54, 1.807) is 16.9 Å². The van der Waals surface area contributed by atoms with Crippen LogP contribution >= 0.6 is 23.4 Å². The number of anilines is 1. The maximum Gasteiger partial charge on any atom is 0.238 e. The zero-order chi connectivity index (χ0) is 17.6. The highest BCUT2D eigenvalue weighted by molar-refractivity contribution is 8.00. The summed E-state index contributed by atoms with van der Waals surface area (Å²) in [7, 11) is 0. The third-order valence-corrected chi connectivity index (χ3v) is 4.96. The first kappa shape index (κ1) is 17.6.